The maximum Gasteiger partial charge on any atom is 0.305 e. The molecule has 1 unspecified atom stereocenters. The molecule has 1 radical (unpaired) electrons. The molecule has 0 fully saturated rings. The Kier molecular flexibility index (Phi) is 9.67. The Morgan fingerprint density at radius 3 is 1.91 bits per heavy atom. The van der Waals surface area contributed by atoms with E-state index in [1.54, 1.807) is 18.4 Å². The Labute approximate surface area is 223 Å². The number of aromatic nitrogens is 1. The Bertz CT molecular complexity index is 1140. The van der Waals surface area contributed by atoms with Gasteiger partial charge in [0.05, 0.1) is 17.5 Å². The number of alkyl halides is 1. The largest absolute Gasteiger partial charge is 0.481 e. The van der Waals surface area contributed by atoms with E-state index in [0.29, 0.717) is 0 Å². The van der Waals surface area contributed by atoms with E-state index >= 15 is 0 Å². The molecular weight excluding hydrogens is 556 g/mol. The van der Waals surface area contributed by atoms with Crippen molar-refractivity contribution in [2.75, 3.05) is 6.67 Å². The second-order valence-electron chi connectivity index (χ2n) is 8.08. The van der Waals surface area contributed by atoms with E-state index in [9.17, 15) is 23.6 Å². The predicted molar refractivity (Wildman–Crippen MR) is 118 cm³/mol. The van der Waals surface area contributed by atoms with Crippen LogP contribution in [-0.4, -0.2) is 46.0 Å². The van der Waals surface area contributed by atoms with Crippen LogP contribution in [0.25, 0.3) is 21.8 Å². The molecule has 0 bridgehead atoms. The summed E-state index contributed by atoms with van der Waals surface area (Å²) in [6, 6.07) is 13.5. The number of rotatable bonds is 9. The topological polar surface area (TPSA) is 105 Å². The monoisotopic (exact) mass is 581 g/mol. The Morgan fingerprint density at radius 1 is 0.939 bits per heavy atom. The molecule has 0 aliphatic carbocycles. The summed E-state index contributed by atoms with van der Waals surface area (Å²) in [6.45, 7) is 2.13. The first-order valence-corrected chi connectivity index (χ1v) is 10.4. The number of hydrogen-bond acceptors (Lipinski definition) is 4. The van der Waals surface area contributed by atoms with E-state index in [1.807, 2.05) is 48.5 Å². The summed E-state index contributed by atoms with van der Waals surface area (Å²) in [4.78, 5) is 49.0. The van der Waals surface area contributed by atoms with Crippen LogP contribution >= 0.6 is 0 Å². The Balaban J connectivity index is 0.00000385. The van der Waals surface area contributed by atoms with Crippen molar-refractivity contribution >= 4 is 45.4 Å². The van der Waals surface area contributed by atoms with Crippen LogP contribution in [0, 0.1) is 53.1 Å². The molecule has 171 valence electrons. The molecule has 2 atom stereocenters. The van der Waals surface area contributed by atoms with Crippen molar-refractivity contribution in [1.29, 1.82) is 0 Å². The van der Waals surface area contributed by atoms with Gasteiger partial charge in [-0.05, 0) is 18.1 Å². The first kappa shape index (κ1) is 27.1. The van der Waals surface area contributed by atoms with Gasteiger partial charge in [-0.2, -0.15) is 0 Å². The third kappa shape index (κ3) is 6.04. The van der Waals surface area contributed by atoms with Gasteiger partial charge in [0.15, 0.2) is 5.78 Å². The number of amides is 1. The summed E-state index contributed by atoms with van der Waals surface area (Å²) in [7, 11) is 0. The minimum Gasteiger partial charge on any atom is -0.481 e. The molecule has 0 saturated heterocycles. The van der Waals surface area contributed by atoms with Gasteiger partial charge < -0.3 is 10.4 Å². The number of fused-ring (bicyclic) bond motifs is 3. The third-order valence-corrected chi connectivity index (χ3v) is 5.58. The zero-order chi connectivity index (χ0) is 23.4. The van der Waals surface area contributed by atoms with Crippen LogP contribution in [0.3, 0.4) is 0 Å². The first-order chi connectivity index (χ1) is 15.2. The number of ketones is 1. The molecule has 0 saturated carbocycles. The first-order valence-electron chi connectivity index (χ1n) is 10.4. The molecule has 3 rings (SSSR count). The second kappa shape index (κ2) is 11.8. The van der Waals surface area contributed by atoms with Crippen molar-refractivity contribution in [2.45, 2.75) is 32.7 Å². The number of carbonyl (C=O) groups is 4. The van der Waals surface area contributed by atoms with Crippen molar-refractivity contribution < 1.29 is 70.0 Å². The molecule has 7 nitrogen and oxygen atoms in total. The van der Waals surface area contributed by atoms with Crippen molar-refractivity contribution in [3.8, 4) is 0 Å². The minimum atomic E-state index is -1.48. The zero-order valence-electron chi connectivity index (χ0n) is 18.5. The van der Waals surface area contributed by atoms with Crippen molar-refractivity contribution in [3.05, 3.63) is 48.5 Å². The van der Waals surface area contributed by atoms with E-state index in [2.05, 4.69) is 5.32 Å². The number of benzene rings is 2. The molecule has 1 aromatic heterocycles. The fourth-order valence-electron chi connectivity index (χ4n) is 3.89. The second-order valence-corrected chi connectivity index (χ2v) is 8.08. The van der Waals surface area contributed by atoms with Crippen molar-refractivity contribution in [2.24, 2.45) is 11.8 Å². The van der Waals surface area contributed by atoms with E-state index in [4.69, 9.17) is 5.11 Å². The molecule has 2 aromatic carbocycles. The summed E-state index contributed by atoms with van der Waals surface area (Å²) >= 11 is 0. The third-order valence-electron chi connectivity index (χ3n) is 5.58. The SMILES string of the molecule is CC(C)[C@H](CC(=O)n1c2ccccc2c2ccccc21)C(=O)NC(CC(=O)O)C(=O)CF.[Pr]. The standard InChI is InChI=1S/C24H25FN2O5.Pr/c1-14(2)17(24(32)26-18(12-23(30)31)21(28)13-25)11-22(29)27-19-9-5-3-7-15(19)16-8-4-6-10-20(16)27;/h3-10,14,17-18H,11-13H2,1-2H3,(H,26,32)(H,30,31);/t17-,18?;/m0./s1. The minimum absolute atomic E-state index is 0. The number of halogens is 1. The molecule has 0 aliphatic heterocycles. The summed E-state index contributed by atoms with van der Waals surface area (Å²) in [5.41, 5.74) is 1.44. The van der Waals surface area contributed by atoms with Gasteiger partial charge in [0.2, 0.25) is 11.8 Å². The van der Waals surface area contributed by atoms with Gasteiger partial charge in [-0.1, -0.05) is 50.2 Å². The number of carbonyl (C=O) groups excluding carboxylic acids is 3. The number of carboxylic acids is 1. The molecule has 1 heterocycles. The van der Waals surface area contributed by atoms with Gasteiger partial charge in [0, 0.05) is 64.4 Å². The summed E-state index contributed by atoms with van der Waals surface area (Å²) in [6.07, 6.45) is -0.879. The van der Waals surface area contributed by atoms with Gasteiger partial charge in [-0.3, -0.25) is 23.7 Å². The fourth-order valence-corrected chi connectivity index (χ4v) is 3.89. The van der Waals surface area contributed by atoms with Crippen LogP contribution in [0.1, 0.15) is 31.5 Å². The molecule has 9 heteroatoms. The van der Waals surface area contributed by atoms with Crippen LogP contribution in [0.5, 0.6) is 0 Å². The number of aliphatic carboxylic acids is 1. The number of hydrogen-bond donors (Lipinski definition) is 2. The number of para-hydroxylation sites is 2. The number of Topliss-reactive ketones (excluding diaryl/α,β-unsaturated/α-hetero) is 1. The van der Waals surface area contributed by atoms with Crippen LogP contribution in [-0.2, 0) is 14.4 Å². The molecule has 1 amide bonds. The molecule has 0 spiro atoms. The maximum absolute atomic E-state index is 13.4. The van der Waals surface area contributed by atoms with Crippen LogP contribution < -0.4 is 5.32 Å². The van der Waals surface area contributed by atoms with Gasteiger partial charge in [0.1, 0.15) is 12.7 Å². The van der Waals surface area contributed by atoms with E-state index in [-0.39, 0.29) is 59.5 Å². The van der Waals surface area contributed by atoms with E-state index in [0.717, 1.165) is 21.8 Å². The average molecular weight is 581 g/mol. The van der Waals surface area contributed by atoms with E-state index in [1.165, 1.54) is 0 Å². The number of nitrogens with zero attached hydrogens (tertiary/aromatic N) is 1. The summed E-state index contributed by atoms with van der Waals surface area (Å²) in [5.74, 6) is -4.41. The normalized spacial score (nSPS) is 12.8. The Hall–Kier alpha value is -2.19. The Morgan fingerprint density at radius 2 is 1.45 bits per heavy atom. The fraction of sp³-hybridized carbons (Fsp3) is 0.333. The summed E-state index contributed by atoms with van der Waals surface area (Å²) in [5, 5.41) is 13.1. The van der Waals surface area contributed by atoms with Crippen LogP contribution in [0.4, 0.5) is 4.39 Å². The quantitative estimate of drug-likeness (QED) is 0.402. The molecular formula is C24H25FN2O5Pr. The molecule has 33 heavy (non-hydrogen) atoms. The van der Waals surface area contributed by atoms with Gasteiger partial charge in [-0.25, -0.2) is 4.39 Å². The van der Waals surface area contributed by atoms with Crippen LogP contribution in [0.2, 0.25) is 0 Å². The number of nitrogens with one attached hydrogen (secondary N) is 1. The van der Waals surface area contributed by atoms with Gasteiger partial charge >= 0.3 is 5.97 Å². The number of carboxylic acid groups (broad SMARTS) is 1. The molecule has 2 N–H and O–H groups in total. The van der Waals surface area contributed by atoms with Crippen LogP contribution in [0.15, 0.2) is 48.5 Å². The summed E-state index contributed by atoms with van der Waals surface area (Å²) < 4.78 is 14.4. The zero-order valence-corrected chi connectivity index (χ0v) is 22.2. The van der Waals surface area contributed by atoms with Crippen molar-refractivity contribution in [3.63, 3.8) is 0 Å². The van der Waals surface area contributed by atoms with Crippen molar-refractivity contribution in [1.82, 2.24) is 9.88 Å². The smallest absolute Gasteiger partial charge is 0.305 e. The average Bonchev–Trinajstić information content (AvgIpc) is 3.10. The predicted octanol–water partition coefficient (Wildman–Crippen LogP) is 3.60. The van der Waals surface area contributed by atoms with Gasteiger partial charge in [-0.15, -0.1) is 0 Å². The van der Waals surface area contributed by atoms with E-state index < -0.39 is 42.7 Å². The van der Waals surface area contributed by atoms with Gasteiger partial charge in [0.25, 0.3) is 0 Å². The molecule has 3 aromatic rings. The maximum atomic E-state index is 13.4. The molecule has 0 aliphatic rings.